The molecule has 0 aromatic carbocycles. The van der Waals surface area contributed by atoms with Crippen molar-refractivity contribution in [1.29, 1.82) is 0 Å². The molecule has 20 heavy (non-hydrogen) atoms. The van der Waals surface area contributed by atoms with Crippen molar-refractivity contribution in [3.8, 4) is 0 Å². The number of hydrogen-bond donors (Lipinski definition) is 1. The monoisotopic (exact) mass is 284 g/mol. The maximum absolute atomic E-state index is 5.96. The van der Waals surface area contributed by atoms with E-state index in [0.717, 1.165) is 13.1 Å². The molecule has 2 N–H and O–H groups in total. The Morgan fingerprint density at radius 2 is 1.60 bits per heavy atom. The van der Waals surface area contributed by atoms with Crippen LogP contribution in [0.1, 0.15) is 27.2 Å². The Morgan fingerprint density at radius 1 is 1.05 bits per heavy atom. The van der Waals surface area contributed by atoms with Crippen LogP contribution in [0.15, 0.2) is 0 Å². The van der Waals surface area contributed by atoms with Crippen molar-refractivity contribution in [2.45, 2.75) is 27.2 Å². The second-order valence-electron chi connectivity index (χ2n) is 7.81. The summed E-state index contributed by atoms with van der Waals surface area (Å²) in [5.74, 6) is 0.642. The zero-order chi connectivity index (χ0) is 15.2. The number of piperazine rings is 1. The number of nitrogens with zero attached hydrogens (tertiary/aromatic N) is 3. The first kappa shape index (κ1) is 17.9. The third-order valence-electron chi connectivity index (χ3n) is 4.08. The van der Waals surface area contributed by atoms with Crippen molar-refractivity contribution in [3.05, 3.63) is 0 Å². The minimum absolute atomic E-state index is 0.386. The molecule has 1 heterocycles. The maximum atomic E-state index is 5.96. The minimum atomic E-state index is 0.386. The van der Waals surface area contributed by atoms with Gasteiger partial charge in [0.15, 0.2) is 0 Å². The Bertz CT molecular complexity index is 252. The van der Waals surface area contributed by atoms with Gasteiger partial charge in [0.2, 0.25) is 0 Å². The van der Waals surface area contributed by atoms with Gasteiger partial charge in [-0.25, -0.2) is 0 Å². The molecule has 1 saturated heterocycles. The molecule has 0 aromatic rings. The zero-order valence-corrected chi connectivity index (χ0v) is 14.4. The highest BCUT2D eigenvalue weighted by Gasteiger charge is 2.22. The van der Waals surface area contributed by atoms with Crippen LogP contribution >= 0.6 is 0 Å². The minimum Gasteiger partial charge on any atom is -0.330 e. The molecule has 0 spiro atoms. The Labute approximate surface area is 126 Å². The van der Waals surface area contributed by atoms with Gasteiger partial charge in [-0.15, -0.1) is 0 Å². The van der Waals surface area contributed by atoms with Crippen LogP contribution in [0.4, 0.5) is 0 Å². The van der Waals surface area contributed by atoms with Gasteiger partial charge in [0, 0.05) is 45.8 Å². The summed E-state index contributed by atoms with van der Waals surface area (Å²) in [4.78, 5) is 7.45. The molecule has 1 fully saturated rings. The van der Waals surface area contributed by atoms with E-state index in [9.17, 15) is 0 Å². The largest absolute Gasteiger partial charge is 0.330 e. The van der Waals surface area contributed by atoms with Gasteiger partial charge < -0.3 is 15.5 Å². The van der Waals surface area contributed by atoms with Crippen molar-refractivity contribution >= 4 is 0 Å². The van der Waals surface area contributed by atoms with Crippen LogP contribution in [0.3, 0.4) is 0 Å². The van der Waals surface area contributed by atoms with Gasteiger partial charge >= 0.3 is 0 Å². The highest BCUT2D eigenvalue weighted by atomic mass is 15.3. The molecule has 4 heteroatoms. The Morgan fingerprint density at radius 3 is 2.05 bits per heavy atom. The molecule has 4 nitrogen and oxygen atoms in total. The smallest absolute Gasteiger partial charge is 0.0110 e. The third kappa shape index (κ3) is 7.58. The SMILES string of the molecule is CN(C)CCN1CCN(CC(CN)CC(C)(C)C)CC1. The first-order valence-electron chi connectivity index (χ1n) is 8.09. The lowest BCUT2D eigenvalue weighted by Crippen LogP contribution is -2.49. The summed E-state index contributed by atoms with van der Waals surface area (Å²) in [5, 5.41) is 0. The molecule has 1 aliphatic rings. The van der Waals surface area contributed by atoms with Crippen molar-refractivity contribution in [2.75, 3.05) is 66.5 Å². The summed E-state index contributed by atoms with van der Waals surface area (Å²) in [5.41, 5.74) is 6.35. The van der Waals surface area contributed by atoms with Crippen molar-refractivity contribution in [3.63, 3.8) is 0 Å². The topological polar surface area (TPSA) is 35.7 Å². The summed E-state index contributed by atoms with van der Waals surface area (Å²) in [6.45, 7) is 16.1. The van der Waals surface area contributed by atoms with Crippen LogP contribution in [0.2, 0.25) is 0 Å². The average molecular weight is 284 g/mol. The molecule has 0 bridgehead atoms. The maximum Gasteiger partial charge on any atom is 0.0110 e. The molecule has 0 aromatic heterocycles. The number of nitrogens with two attached hydrogens (primary N) is 1. The third-order valence-corrected chi connectivity index (χ3v) is 4.08. The van der Waals surface area contributed by atoms with Crippen LogP contribution in [-0.2, 0) is 0 Å². The van der Waals surface area contributed by atoms with Gasteiger partial charge in [0.1, 0.15) is 0 Å². The predicted molar refractivity (Wildman–Crippen MR) is 88.1 cm³/mol. The second-order valence-corrected chi connectivity index (χ2v) is 7.81. The fourth-order valence-corrected chi connectivity index (χ4v) is 2.99. The molecule has 0 aliphatic carbocycles. The first-order valence-corrected chi connectivity index (χ1v) is 8.09. The molecule has 0 radical (unpaired) electrons. The summed E-state index contributed by atoms with van der Waals surface area (Å²) >= 11 is 0. The van der Waals surface area contributed by atoms with E-state index in [2.05, 4.69) is 49.6 Å². The zero-order valence-electron chi connectivity index (χ0n) is 14.4. The Kier molecular flexibility index (Phi) is 7.45. The van der Waals surface area contributed by atoms with Gasteiger partial charge in [0.25, 0.3) is 0 Å². The van der Waals surface area contributed by atoms with Crippen molar-refractivity contribution in [1.82, 2.24) is 14.7 Å². The fraction of sp³-hybridized carbons (Fsp3) is 1.00. The number of likely N-dealkylation sites (N-methyl/N-ethyl adjacent to an activating group) is 1. The number of rotatable bonds is 7. The molecular weight excluding hydrogens is 248 g/mol. The van der Waals surface area contributed by atoms with Crippen LogP contribution in [-0.4, -0.2) is 81.2 Å². The van der Waals surface area contributed by atoms with E-state index in [4.69, 9.17) is 5.73 Å². The van der Waals surface area contributed by atoms with Crippen LogP contribution in [0.25, 0.3) is 0 Å². The lowest BCUT2D eigenvalue weighted by Gasteiger charge is -2.37. The Hall–Kier alpha value is -0.160. The first-order chi connectivity index (χ1) is 9.30. The fourth-order valence-electron chi connectivity index (χ4n) is 2.99. The predicted octanol–water partition coefficient (Wildman–Crippen LogP) is 1.18. The molecular formula is C16H36N4. The van der Waals surface area contributed by atoms with Gasteiger partial charge in [-0.3, -0.25) is 4.90 Å². The van der Waals surface area contributed by atoms with Gasteiger partial charge in [0.05, 0.1) is 0 Å². The second kappa shape index (κ2) is 8.32. The molecule has 1 unspecified atom stereocenters. The Balaban J connectivity index is 2.27. The molecule has 1 rings (SSSR count). The summed E-state index contributed by atoms with van der Waals surface area (Å²) in [6, 6.07) is 0. The van der Waals surface area contributed by atoms with Gasteiger partial charge in [-0.1, -0.05) is 20.8 Å². The van der Waals surface area contributed by atoms with E-state index >= 15 is 0 Å². The highest BCUT2D eigenvalue weighted by molar-refractivity contribution is 4.78. The average Bonchev–Trinajstić information content (AvgIpc) is 2.35. The quantitative estimate of drug-likeness (QED) is 0.761. The summed E-state index contributed by atoms with van der Waals surface area (Å²) in [7, 11) is 4.29. The van der Waals surface area contributed by atoms with E-state index in [0.29, 0.717) is 11.3 Å². The number of hydrogen-bond acceptors (Lipinski definition) is 4. The van der Waals surface area contributed by atoms with E-state index in [1.54, 1.807) is 0 Å². The molecule has 1 atom stereocenters. The molecule has 0 amide bonds. The van der Waals surface area contributed by atoms with Crippen LogP contribution < -0.4 is 5.73 Å². The van der Waals surface area contributed by atoms with Crippen LogP contribution in [0, 0.1) is 11.3 Å². The van der Waals surface area contributed by atoms with Crippen molar-refractivity contribution in [2.24, 2.45) is 17.1 Å². The van der Waals surface area contributed by atoms with Crippen molar-refractivity contribution < 1.29 is 0 Å². The highest BCUT2D eigenvalue weighted by Crippen LogP contribution is 2.24. The normalized spacial score (nSPS) is 20.6. The van der Waals surface area contributed by atoms with Gasteiger partial charge in [-0.05, 0) is 38.4 Å². The van der Waals surface area contributed by atoms with E-state index < -0.39 is 0 Å². The summed E-state index contributed by atoms with van der Waals surface area (Å²) in [6.07, 6.45) is 1.23. The molecule has 1 aliphatic heterocycles. The van der Waals surface area contributed by atoms with Crippen LogP contribution in [0.5, 0.6) is 0 Å². The molecule has 0 saturated carbocycles. The van der Waals surface area contributed by atoms with E-state index in [-0.39, 0.29) is 0 Å². The summed E-state index contributed by atoms with van der Waals surface area (Å²) < 4.78 is 0. The lowest BCUT2D eigenvalue weighted by molar-refractivity contribution is 0.105. The lowest BCUT2D eigenvalue weighted by atomic mass is 9.84. The molecule has 120 valence electrons. The van der Waals surface area contributed by atoms with E-state index in [1.165, 1.54) is 45.7 Å². The van der Waals surface area contributed by atoms with E-state index in [1.807, 2.05) is 0 Å². The van der Waals surface area contributed by atoms with Gasteiger partial charge in [-0.2, -0.15) is 0 Å². The standard InChI is InChI=1S/C16H36N4/c1-16(2,3)12-15(13-17)14-20-10-8-19(9-11-20)7-6-18(4)5/h15H,6-14,17H2,1-5H3.